The Morgan fingerprint density at radius 1 is 1.77 bits per heavy atom. The minimum Gasteiger partial charge on any atom is -0.450 e. The number of nitriles is 1. The quantitative estimate of drug-likeness (QED) is 0.296. The number of alkyl carbamates (subject to hydrolysis) is 1. The highest BCUT2D eigenvalue weighted by atomic mass is 32.1. The second kappa shape index (κ2) is 5.89. The van der Waals surface area contributed by atoms with Crippen LogP contribution in [0.4, 0.5) is 4.79 Å². The fourth-order valence-corrected chi connectivity index (χ4v) is 0.638. The number of rotatable bonds is 2. The molecule has 0 aromatic rings. The Kier molecular flexibility index (Phi) is 5.12. The molecule has 0 bridgehead atoms. The van der Waals surface area contributed by atoms with E-state index in [1.165, 1.54) is 0 Å². The second-order valence-electron chi connectivity index (χ2n) is 1.79. The van der Waals surface area contributed by atoms with Gasteiger partial charge in [-0.2, -0.15) is 5.26 Å². The number of carbonyl (C=O) groups is 1. The van der Waals surface area contributed by atoms with E-state index >= 15 is 0 Å². The summed E-state index contributed by atoms with van der Waals surface area (Å²) in [6.45, 7) is 1.85. The van der Waals surface area contributed by atoms with Crippen LogP contribution in [0.3, 0.4) is 0 Å². The maximum atomic E-state index is 10.8. The average molecular weight is 197 g/mol. The molecule has 0 spiro atoms. The number of amides is 1. The summed E-state index contributed by atoms with van der Waals surface area (Å²) in [6.07, 6.45) is -0.740. The van der Waals surface area contributed by atoms with Crippen molar-refractivity contribution in [2.45, 2.75) is 6.92 Å². The Labute approximate surface area is 80.5 Å². The Morgan fingerprint density at radius 2 is 2.38 bits per heavy atom. The first-order valence-electron chi connectivity index (χ1n) is 3.33. The van der Waals surface area contributed by atoms with Crippen LogP contribution in [0, 0.1) is 16.7 Å². The van der Waals surface area contributed by atoms with Gasteiger partial charge >= 0.3 is 6.09 Å². The largest absolute Gasteiger partial charge is 0.450 e. The van der Waals surface area contributed by atoms with Crippen LogP contribution in [0.2, 0.25) is 0 Å². The molecule has 0 aliphatic heterocycles. The minimum atomic E-state index is -0.740. The highest BCUT2D eigenvalue weighted by Gasteiger charge is 2.08. The van der Waals surface area contributed by atoms with Crippen LogP contribution in [0.25, 0.3) is 0 Å². The first-order chi connectivity index (χ1) is 6.15. The maximum absolute atomic E-state index is 10.8. The van der Waals surface area contributed by atoms with E-state index in [1.807, 2.05) is 0 Å². The fourth-order valence-electron chi connectivity index (χ4n) is 0.458. The highest BCUT2D eigenvalue weighted by molar-refractivity contribution is 7.80. The molecule has 1 amide bonds. The predicted molar refractivity (Wildman–Crippen MR) is 49.6 cm³/mol. The SMILES string of the molecule is CCOC(=O)NC(=S)C(=C=N)C#N. The van der Waals surface area contributed by atoms with Crippen molar-refractivity contribution in [1.82, 2.24) is 5.32 Å². The average Bonchev–Trinajstić information content (AvgIpc) is 2.06. The molecule has 0 saturated carbocycles. The molecule has 5 nitrogen and oxygen atoms in total. The smallest absolute Gasteiger partial charge is 0.412 e. The van der Waals surface area contributed by atoms with Crippen molar-refractivity contribution in [3.05, 3.63) is 5.57 Å². The zero-order chi connectivity index (χ0) is 10.3. The van der Waals surface area contributed by atoms with Crippen molar-refractivity contribution in [2.75, 3.05) is 6.61 Å². The van der Waals surface area contributed by atoms with Gasteiger partial charge in [0.05, 0.1) is 6.61 Å². The van der Waals surface area contributed by atoms with Crippen molar-refractivity contribution < 1.29 is 9.53 Å². The molecular formula is C7H7N3O2S. The highest BCUT2D eigenvalue weighted by Crippen LogP contribution is 1.89. The number of ether oxygens (including phenoxy) is 1. The standard InChI is InChI=1S/C7H7N3O2S/c1-2-12-7(11)10-6(13)5(3-8)4-9/h8H,2H2,1H3,(H,10,11,13). The number of thiocarbonyl (C=S) groups is 1. The number of hydrogen-bond donors (Lipinski definition) is 2. The van der Waals surface area contributed by atoms with Gasteiger partial charge in [-0.1, -0.05) is 12.2 Å². The number of hydrogen-bond acceptors (Lipinski definition) is 5. The van der Waals surface area contributed by atoms with Crippen LogP contribution in [0.15, 0.2) is 5.57 Å². The summed E-state index contributed by atoms with van der Waals surface area (Å²) in [4.78, 5) is 10.6. The topological polar surface area (TPSA) is 86.0 Å². The van der Waals surface area contributed by atoms with Crippen LogP contribution < -0.4 is 5.32 Å². The molecule has 2 N–H and O–H groups in total. The zero-order valence-corrected chi connectivity index (χ0v) is 7.70. The minimum absolute atomic E-state index is 0.157. The van der Waals surface area contributed by atoms with Gasteiger partial charge in [-0.15, -0.1) is 0 Å². The first-order valence-corrected chi connectivity index (χ1v) is 3.74. The molecule has 0 radical (unpaired) electrons. The summed E-state index contributed by atoms with van der Waals surface area (Å²) in [7, 11) is 0. The number of nitrogens with one attached hydrogen (secondary N) is 2. The molecule has 0 aromatic heterocycles. The predicted octanol–water partition coefficient (Wildman–Crippen LogP) is 0.758. The van der Waals surface area contributed by atoms with Gasteiger partial charge in [0.1, 0.15) is 16.6 Å². The summed E-state index contributed by atoms with van der Waals surface area (Å²) in [6, 6.07) is 1.61. The summed E-state index contributed by atoms with van der Waals surface area (Å²) in [5, 5.41) is 17.1. The molecule has 6 heteroatoms. The number of nitrogens with zero attached hydrogens (tertiary/aromatic N) is 1. The maximum Gasteiger partial charge on any atom is 0.412 e. The zero-order valence-electron chi connectivity index (χ0n) is 6.88. The van der Waals surface area contributed by atoms with Crippen LogP contribution in [0.5, 0.6) is 0 Å². The van der Waals surface area contributed by atoms with Crippen molar-refractivity contribution in [1.29, 1.82) is 10.7 Å². The lowest BCUT2D eigenvalue weighted by Gasteiger charge is -2.02. The van der Waals surface area contributed by atoms with E-state index in [-0.39, 0.29) is 17.2 Å². The second-order valence-corrected chi connectivity index (χ2v) is 2.19. The van der Waals surface area contributed by atoms with Gasteiger partial charge in [-0.05, 0) is 6.92 Å². The Morgan fingerprint density at radius 3 is 2.77 bits per heavy atom. The van der Waals surface area contributed by atoms with Gasteiger partial charge in [-0.3, -0.25) is 10.7 Å². The molecule has 0 unspecified atom stereocenters. The van der Waals surface area contributed by atoms with Crippen molar-refractivity contribution >= 4 is 29.2 Å². The molecule has 68 valence electrons. The fraction of sp³-hybridized carbons (Fsp3) is 0.286. The molecule has 0 aliphatic rings. The molecule has 0 saturated heterocycles. The van der Waals surface area contributed by atoms with E-state index in [1.54, 1.807) is 18.9 Å². The van der Waals surface area contributed by atoms with E-state index in [4.69, 9.17) is 10.7 Å². The molecule has 13 heavy (non-hydrogen) atoms. The molecule has 0 atom stereocenters. The molecule has 0 fully saturated rings. The third-order valence-electron chi connectivity index (χ3n) is 0.955. The summed E-state index contributed by atoms with van der Waals surface area (Å²) >= 11 is 4.61. The van der Waals surface area contributed by atoms with Crippen LogP contribution in [0.1, 0.15) is 6.92 Å². The first kappa shape index (κ1) is 11.3. The third kappa shape index (κ3) is 4.01. The molecule has 0 rings (SSSR count). The van der Waals surface area contributed by atoms with Gasteiger partial charge in [0.2, 0.25) is 0 Å². The van der Waals surface area contributed by atoms with E-state index in [2.05, 4.69) is 22.3 Å². The lowest BCUT2D eigenvalue weighted by atomic mass is 10.3. The summed E-state index contributed by atoms with van der Waals surface area (Å²) in [5.41, 5.74) is -0.206. The van der Waals surface area contributed by atoms with Crippen LogP contribution in [-0.2, 0) is 4.74 Å². The van der Waals surface area contributed by atoms with E-state index in [9.17, 15) is 4.79 Å². The molecular weight excluding hydrogens is 190 g/mol. The van der Waals surface area contributed by atoms with Gasteiger partial charge < -0.3 is 4.74 Å². The normalized spacial score (nSPS) is 7.69. The molecule has 0 aliphatic carbocycles. The van der Waals surface area contributed by atoms with Gasteiger partial charge in [0, 0.05) is 5.87 Å². The monoisotopic (exact) mass is 197 g/mol. The molecule has 0 aromatic carbocycles. The summed E-state index contributed by atoms with van der Waals surface area (Å²) in [5.74, 6) is 1.79. The van der Waals surface area contributed by atoms with E-state index in [0.29, 0.717) is 0 Å². The summed E-state index contributed by atoms with van der Waals surface area (Å²) < 4.78 is 4.50. The Balaban J connectivity index is 4.25. The Bertz CT molecular complexity index is 312. The lowest BCUT2D eigenvalue weighted by Crippen LogP contribution is -2.30. The van der Waals surface area contributed by atoms with Crippen molar-refractivity contribution in [3.8, 4) is 6.07 Å². The lowest BCUT2D eigenvalue weighted by molar-refractivity contribution is 0.158. The van der Waals surface area contributed by atoms with Crippen LogP contribution >= 0.6 is 12.2 Å². The van der Waals surface area contributed by atoms with E-state index < -0.39 is 6.09 Å². The van der Waals surface area contributed by atoms with E-state index in [0.717, 1.165) is 0 Å². The van der Waals surface area contributed by atoms with Gasteiger partial charge in [0.25, 0.3) is 0 Å². The Hall–Kier alpha value is -1.70. The van der Waals surface area contributed by atoms with Crippen molar-refractivity contribution in [2.24, 2.45) is 0 Å². The van der Waals surface area contributed by atoms with Crippen LogP contribution in [-0.4, -0.2) is 23.6 Å². The molecule has 0 heterocycles. The van der Waals surface area contributed by atoms with Gasteiger partial charge in [0.15, 0.2) is 0 Å². The van der Waals surface area contributed by atoms with Gasteiger partial charge in [-0.25, -0.2) is 4.79 Å². The number of carbonyl (C=O) groups excluding carboxylic acids is 1. The van der Waals surface area contributed by atoms with Crippen molar-refractivity contribution in [3.63, 3.8) is 0 Å². The third-order valence-corrected chi connectivity index (χ3v) is 1.26.